The van der Waals surface area contributed by atoms with Crippen molar-refractivity contribution in [3.05, 3.63) is 78.0 Å². The number of benzene rings is 2. The van der Waals surface area contributed by atoms with Crippen LogP contribution < -0.4 is 4.74 Å². The van der Waals surface area contributed by atoms with Crippen LogP contribution in [0.5, 0.6) is 11.6 Å². The van der Waals surface area contributed by atoms with Crippen molar-refractivity contribution in [1.82, 2.24) is 24.8 Å². The Labute approximate surface area is 201 Å². The van der Waals surface area contributed by atoms with E-state index in [4.69, 9.17) is 4.74 Å². The molecule has 1 aliphatic heterocycles. The van der Waals surface area contributed by atoms with Crippen molar-refractivity contribution in [2.75, 3.05) is 13.1 Å². The number of H-pyrrole nitrogens is 1. The van der Waals surface area contributed by atoms with E-state index in [1.807, 2.05) is 24.3 Å². The topological polar surface area (TPSA) is 101 Å². The van der Waals surface area contributed by atoms with Gasteiger partial charge in [0.2, 0.25) is 11.7 Å². The van der Waals surface area contributed by atoms with Gasteiger partial charge in [-0.05, 0) is 56.2 Å². The molecule has 2 aromatic carbocycles. The predicted molar refractivity (Wildman–Crippen MR) is 127 cm³/mol. The number of hydrogen-bond acceptors (Lipinski definition) is 6. The summed E-state index contributed by atoms with van der Waals surface area (Å²) in [6, 6.07) is 14.3. The van der Waals surface area contributed by atoms with Gasteiger partial charge in [-0.1, -0.05) is 12.1 Å². The Kier molecular flexibility index (Phi) is 6.22. The Morgan fingerprint density at radius 3 is 2.49 bits per heavy atom. The lowest BCUT2D eigenvalue weighted by Crippen LogP contribution is -2.41. The third kappa shape index (κ3) is 4.75. The summed E-state index contributed by atoms with van der Waals surface area (Å²) in [4.78, 5) is 42.6. The molecular formula is C26H24FN5O3. The fraction of sp³-hybridized carbons (Fsp3) is 0.269. The quantitative estimate of drug-likeness (QED) is 0.416. The number of carbonyl (C=O) groups is 2. The minimum atomic E-state index is -1.50. The van der Waals surface area contributed by atoms with Gasteiger partial charge in [-0.3, -0.25) is 14.6 Å². The van der Waals surface area contributed by atoms with Crippen molar-refractivity contribution in [1.29, 1.82) is 0 Å². The van der Waals surface area contributed by atoms with Crippen molar-refractivity contribution >= 4 is 22.7 Å². The highest BCUT2D eigenvalue weighted by Crippen LogP contribution is 2.33. The molecule has 8 nitrogen and oxygen atoms in total. The molecule has 0 spiro atoms. The maximum Gasteiger partial charge on any atom is 0.256 e. The van der Waals surface area contributed by atoms with Crippen molar-refractivity contribution in [2.24, 2.45) is 0 Å². The number of carbonyl (C=O) groups excluding carboxylic acids is 2. The van der Waals surface area contributed by atoms with Crippen LogP contribution >= 0.6 is 0 Å². The van der Waals surface area contributed by atoms with Gasteiger partial charge in [0.25, 0.3) is 5.91 Å². The number of fused-ring (bicyclic) bond motifs is 1. The molecule has 1 aliphatic rings. The van der Waals surface area contributed by atoms with E-state index in [0.29, 0.717) is 48.8 Å². The first kappa shape index (κ1) is 22.6. The van der Waals surface area contributed by atoms with Gasteiger partial charge in [0.05, 0.1) is 11.0 Å². The number of piperidine rings is 1. The highest BCUT2D eigenvalue weighted by atomic mass is 19.1. The van der Waals surface area contributed by atoms with E-state index in [0.717, 1.165) is 11.0 Å². The van der Waals surface area contributed by atoms with Gasteiger partial charge in [0, 0.05) is 37.0 Å². The molecule has 2 aromatic heterocycles. The maximum absolute atomic E-state index is 13.4. The van der Waals surface area contributed by atoms with Crippen LogP contribution in [0.3, 0.4) is 0 Å². The zero-order chi connectivity index (χ0) is 24.4. The molecule has 0 saturated carbocycles. The molecular weight excluding hydrogens is 449 g/mol. The van der Waals surface area contributed by atoms with Gasteiger partial charge in [-0.2, -0.15) is 0 Å². The monoisotopic (exact) mass is 473 g/mol. The second kappa shape index (κ2) is 9.61. The number of alkyl halides is 1. The Hall–Kier alpha value is -4.14. The third-order valence-electron chi connectivity index (χ3n) is 6.16. The number of nitrogens with one attached hydrogen (secondary N) is 1. The van der Waals surface area contributed by atoms with Crippen LogP contribution in [-0.2, 0) is 4.79 Å². The minimum Gasteiger partial charge on any atom is -0.437 e. The van der Waals surface area contributed by atoms with Crippen molar-refractivity contribution < 1.29 is 18.7 Å². The number of imidazole rings is 1. The second-order valence-corrected chi connectivity index (χ2v) is 8.52. The molecule has 1 fully saturated rings. The Balaban J connectivity index is 1.28. The van der Waals surface area contributed by atoms with Crippen LogP contribution in [0.4, 0.5) is 4.39 Å². The highest BCUT2D eigenvalue weighted by Gasteiger charge is 2.29. The maximum atomic E-state index is 13.4. The lowest BCUT2D eigenvalue weighted by molar-refractivity contribution is -0.137. The molecule has 1 N–H and O–H groups in total. The first-order chi connectivity index (χ1) is 17.0. The fourth-order valence-corrected chi connectivity index (χ4v) is 4.30. The van der Waals surface area contributed by atoms with Crippen LogP contribution in [0.1, 0.15) is 47.6 Å². The number of para-hydroxylation sites is 2. The van der Waals surface area contributed by atoms with E-state index >= 15 is 0 Å². The number of ether oxygens (including phenoxy) is 1. The number of hydrogen-bond donors (Lipinski definition) is 1. The van der Waals surface area contributed by atoms with Crippen LogP contribution in [0, 0.1) is 0 Å². The first-order valence-corrected chi connectivity index (χ1v) is 11.5. The Bertz CT molecular complexity index is 1330. The minimum absolute atomic E-state index is 0.0478. The number of rotatable bonds is 6. The van der Waals surface area contributed by atoms with E-state index in [-0.39, 0.29) is 17.5 Å². The number of amides is 1. The summed E-state index contributed by atoms with van der Waals surface area (Å²) >= 11 is 0. The SMILES string of the molecule is C[C@H](F)C(=O)N1CCC(c2nccnc2Oc2ccc(C(=O)c3nc4ccccc4[nH]3)cc2)CC1. The number of likely N-dealkylation sites (tertiary alicyclic amines) is 1. The highest BCUT2D eigenvalue weighted by molar-refractivity contribution is 6.08. The molecule has 178 valence electrons. The van der Waals surface area contributed by atoms with Gasteiger partial charge >= 0.3 is 0 Å². The molecule has 0 radical (unpaired) electrons. The first-order valence-electron chi connectivity index (χ1n) is 11.5. The fourth-order valence-electron chi connectivity index (χ4n) is 4.30. The lowest BCUT2D eigenvalue weighted by atomic mass is 9.93. The van der Waals surface area contributed by atoms with Gasteiger partial charge in [-0.15, -0.1) is 0 Å². The van der Waals surface area contributed by atoms with Crippen molar-refractivity contribution in [3.8, 4) is 11.6 Å². The zero-order valence-corrected chi connectivity index (χ0v) is 19.1. The summed E-state index contributed by atoms with van der Waals surface area (Å²) in [6.07, 6.45) is 2.97. The molecule has 4 aromatic rings. The van der Waals surface area contributed by atoms with E-state index in [1.54, 1.807) is 41.6 Å². The Morgan fingerprint density at radius 2 is 1.77 bits per heavy atom. The van der Waals surface area contributed by atoms with Crippen LogP contribution in [0.2, 0.25) is 0 Å². The molecule has 0 bridgehead atoms. The van der Waals surface area contributed by atoms with Crippen molar-refractivity contribution in [2.45, 2.75) is 31.9 Å². The normalized spacial score (nSPS) is 15.2. The summed E-state index contributed by atoms with van der Waals surface area (Å²) < 4.78 is 19.4. The van der Waals surface area contributed by atoms with Crippen LogP contribution in [0.25, 0.3) is 11.0 Å². The lowest BCUT2D eigenvalue weighted by Gasteiger charge is -2.32. The van der Waals surface area contributed by atoms with Crippen LogP contribution in [0.15, 0.2) is 60.9 Å². The van der Waals surface area contributed by atoms with Crippen LogP contribution in [-0.4, -0.2) is 55.8 Å². The van der Waals surface area contributed by atoms with Gasteiger partial charge in [-0.25, -0.2) is 14.4 Å². The molecule has 1 saturated heterocycles. The largest absolute Gasteiger partial charge is 0.437 e. The molecule has 5 rings (SSSR count). The molecule has 9 heteroatoms. The number of ketones is 1. The van der Waals surface area contributed by atoms with Gasteiger partial charge in [0.15, 0.2) is 12.0 Å². The molecule has 1 amide bonds. The molecule has 3 heterocycles. The number of nitrogens with zero attached hydrogens (tertiary/aromatic N) is 4. The van der Waals surface area contributed by atoms with E-state index in [1.165, 1.54) is 6.92 Å². The van der Waals surface area contributed by atoms with E-state index < -0.39 is 12.1 Å². The predicted octanol–water partition coefficient (Wildman–Crippen LogP) is 4.44. The van der Waals surface area contributed by atoms with E-state index in [2.05, 4.69) is 19.9 Å². The number of aromatic amines is 1. The van der Waals surface area contributed by atoms with Gasteiger partial charge < -0.3 is 14.6 Å². The number of halogens is 1. The molecule has 1 atom stereocenters. The van der Waals surface area contributed by atoms with E-state index in [9.17, 15) is 14.0 Å². The van der Waals surface area contributed by atoms with Crippen molar-refractivity contribution in [3.63, 3.8) is 0 Å². The summed E-state index contributed by atoms with van der Waals surface area (Å²) in [5.41, 5.74) is 2.73. The molecule has 0 unspecified atom stereocenters. The summed E-state index contributed by atoms with van der Waals surface area (Å²) in [5.74, 6) is 0.544. The second-order valence-electron chi connectivity index (χ2n) is 8.52. The average Bonchev–Trinajstić information content (AvgIpc) is 3.33. The molecule has 0 aliphatic carbocycles. The third-order valence-corrected chi connectivity index (χ3v) is 6.16. The van der Waals surface area contributed by atoms with Gasteiger partial charge in [0.1, 0.15) is 11.4 Å². The summed E-state index contributed by atoms with van der Waals surface area (Å²) in [6.45, 7) is 2.19. The average molecular weight is 474 g/mol. The Morgan fingerprint density at radius 1 is 1.06 bits per heavy atom. The summed E-state index contributed by atoms with van der Waals surface area (Å²) in [7, 11) is 0. The zero-order valence-electron chi connectivity index (χ0n) is 19.1. The molecule has 35 heavy (non-hydrogen) atoms. The number of aromatic nitrogens is 4. The smallest absolute Gasteiger partial charge is 0.256 e. The standard InChI is InChI=1S/C26H24FN5O3/c1-16(27)26(34)32-14-10-17(11-15-32)22-25(29-13-12-28-22)35-19-8-6-18(7-9-19)23(33)24-30-20-4-2-3-5-21(20)31-24/h2-9,12-13,16-17H,10-11,14-15H2,1H3,(H,30,31)/t16-/m0/s1. The summed E-state index contributed by atoms with van der Waals surface area (Å²) in [5, 5.41) is 0.